The molecular formula is C21H23ClN4O4S. The highest BCUT2D eigenvalue weighted by Gasteiger charge is 2.30. The largest absolute Gasteiger partial charge is 0.370 e. The molecule has 4 rings (SSSR count). The van der Waals surface area contributed by atoms with E-state index >= 15 is 0 Å². The molecule has 2 N–H and O–H groups in total. The van der Waals surface area contributed by atoms with E-state index in [-0.39, 0.29) is 18.4 Å². The van der Waals surface area contributed by atoms with E-state index < -0.39 is 6.03 Å². The summed E-state index contributed by atoms with van der Waals surface area (Å²) >= 11 is 7.35. The molecule has 1 aliphatic carbocycles. The average molecular weight is 463 g/mol. The van der Waals surface area contributed by atoms with E-state index in [1.54, 1.807) is 34.5 Å². The lowest BCUT2D eigenvalue weighted by molar-refractivity contribution is -0.125. The van der Waals surface area contributed by atoms with Crippen molar-refractivity contribution in [2.45, 2.75) is 19.8 Å². The van der Waals surface area contributed by atoms with Gasteiger partial charge in [-0.05, 0) is 60.9 Å². The fourth-order valence-corrected chi connectivity index (χ4v) is 4.48. The Morgan fingerprint density at radius 3 is 2.77 bits per heavy atom. The summed E-state index contributed by atoms with van der Waals surface area (Å²) in [7, 11) is 0. The highest BCUT2D eigenvalue weighted by molar-refractivity contribution is 7.12. The number of thiophene rings is 1. The van der Waals surface area contributed by atoms with Crippen molar-refractivity contribution in [3.63, 3.8) is 0 Å². The number of urea groups is 1. The lowest BCUT2D eigenvalue weighted by Crippen LogP contribution is -2.48. The zero-order chi connectivity index (χ0) is 22.0. The molecule has 0 atom stereocenters. The monoisotopic (exact) mass is 462 g/mol. The molecule has 0 radical (unpaired) electrons. The first kappa shape index (κ1) is 21.6. The SMILES string of the molecule is Cc1cc(NC(=O)NN(CC2CC2)C(=O)c2sccc2Cl)ccc1N1CCOCC1=O. The number of rotatable bonds is 5. The highest BCUT2D eigenvalue weighted by Crippen LogP contribution is 2.31. The van der Waals surface area contributed by atoms with Gasteiger partial charge in [0, 0.05) is 24.5 Å². The maximum atomic E-state index is 12.8. The fraction of sp³-hybridized carbons (Fsp3) is 0.381. The fourth-order valence-electron chi connectivity index (χ4n) is 3.40. The van der Waals surface area contributed by atoms with Crippen LogP contribution in [0.25, 0.3) is 0 Å². The van der Waals surface area contributed by atoms with Gasteiger partial charge in [-0.1, -0.05) is 11.6 Å². The van der Waals surface area contributed by atoms with Gasteiger partial charge in [-0.3, -0.25) is 9.59 Å². The Morgan fingerprint density at radius 2 is 2.13 bits per heavy atom. The van der Waals surface area contributed by atoms with Gasteiger partial charge in [0.2, 0.25) is 0 Å². The van der Waals surface area contributed by atoms with E-state index in [2.05, 4.69) is 10.7 Å². The minimum atomic E-state index is -0.517. The second-order valence-corrected chi connectivity index (χ2v) is 8.95. The third-order valence-electron chi connectivity index (χ3n) is 5.16. The second-order valence-electron chi connectivity index (χ2n) is 7.62. The third kappa shape index (κ3) is 5.17. The molecule has 1 saturated heterocycles. The van der Waals surface area contributed by atoms with Crippen LogP contribution in [0.3, 0.4) is 0 Å². The van der Waals surface area contributed by atoms with Gasteiger partial charge in [-0.2, -0.15) is 0 Å². The van der Waals surface area contributed by atoms with Crippen LogP contribution in [0.5, 0.6) is 0 Å². The topological polar surface area (TPSA) is 91.0 Å². The molecule has 2 heterocycles. The summed E-state index contributed by atoms with van der Waals surface area (Å²) in [4.78, 5) is 39.6. The maximum absolute atomic E-state index is 12.8. The number of hydrogen-bond acceptors (Lipinski definition) is 5. The number of ether oxygens (including phenoxy) is 1. The van der Waals surface area contributed by atoms with E-state index in [9.17, 15) is 14.4 Å². The number of aryl methyl sites for hydroxylation is 1. The minimum absolute atomic E-state index is 0.0704. The molecule has 1 aromatic carbocycles. The number of carbonyl (C=O) groups is 3. The molecular weight excluding hydrogens is 440 g/mol. The molecule has 164 valence electrons. The van der Waals surface area contributed by atoms with Crippen molar-refractivity contribution in [2.24, 2.45) is 5.92 Å². The summed E-state index contributed by atoms with van der Waals surface area (Å²) in [6.45, 7) is 3.38. The summed E-state index contributed by atoms with van der Waals surface area (Å²) in [5.41, 5.74) is 4.86. The van der Waals surface area contributed by atoms with Crippen LogP contribution in [0.1, 0.15) is 28.1 Å². The van der Waals surface area contributed by atoms with Crippen molar-refractivity contribution in [3.8, 4) is 0 Å². The van der Waals surface area contributed by atoms with Crippen molar-refractivity contribution in [1.82, 2.24) is 10.4 Å². The van der Waals surface area contributed by atoms with Crippen molar-refractivity contribution < 1.29 is 19.1 Å². The van der Waals surface area contributed by atoms with E-state index in [4.69, 9.17) is 16.3 Å². The summed E-state index contributed by atoms with van der Waals surface area (Å²) in [6, 6.07) is 6.47. The zero-order valence-corrected chi connectivity index (χ0v) is 18.6. The van der Waals surface area contributed by atoms with Gasteiger partial charge < -0.3 is 15.0 Å². The second kappa shape index (κ2) is 9.25. The van der Waals surface area contributed by atoms with Crippen molar-refractivity contribution in [3.05, 3.63) is 45.1 Å². The van der Waals surface area contributed by atoms with Crippen LogP contribution >= 0.6 is 22.9 Å². The lowest BCUT2D eigenvalue weighted by atomic mass is 10.1. The van der Waals surface area contributed by atoms with Crippen molar-refractivity contribution >= 4 is 52.2 Å². The molecule has 2 aromatic rings. The number of anilines is 2. The predicted molar refractivity (Wildman–Crippen MR) is 120 cm³/mol. The minimum Gasteiger partial charge on any atom is -0.370 e. The summed E-state index contributed by atoms with van der Waals surface area (Å²) in [5.74, 6) is -0.0238. The lowest BCUT2D eigenvalue weighted by Gasteiger charge is -2.28. The van der Waals surface area contributed by atoms with Crippen molar-refractivity contribution in [2.75, 3.05) is 36.5 Å². The maximum Gasteiger partial charge on any atom is 0.338 e. The number of nitrogens with zero attached hydrogens (tertiary/aromatic N) is 2. The third-order valence-corrected chi connectivity index (χ3v) is 6.49. The molecule has 1 aromatic heterocycles. The van der Waals surface area contributed by atoms with E-state index in [1.165, 1.54) is 16.3 Å². The Labute approximate surface area is 189 Å². The molecule has 8 nitrogen and oxygen atoms in total. The Balaban J connectivity index is 1.42. The van der Waals surface area contributed by atoms with Gasteiger partial charge in [0.15, 0.2) is 0 Å². The molecule has 10 heteroatoms. The summed E-state index contributed by atoms with van der Waals surface area (Å²) in [6.07, 6.45) is 2.07. The first-order valence-electron chi connectivity index (χ1n) is 10.0. The Hall–Kier alpha value is -2.62. The number of morpholine rings is 1. The number of hydrazine groups is 1. The normalized spacial score (nSPS) is 16.2. The van der Waals surface area contributed by atoms with Gasteiger partial charge in [0.25, 0.3) is 11.8 Å². The molecule has 31 heavy (non-hydrogen) atoms. The molecule has 1 aliphatic heterocycles. The van der Waals surface area contributed by atoms with Crippen LogP contribution in [-0.4, -0.2) is 49.2 Å². The Bertz CT molecular complexity index is 1010. The average Bonchev–Trinajstić information content (AvgIpc) is 3.45. The molecule has 4 amide bonds. The first-order chi connectivity index (χ1) is 14.9. The van der Waals surface area contributed by atoms with Crippen LogP contribution in [0.4, 0.5) is 16.2 Å². The number of carbonyl (C=O) groups excluding carboxylic acids is 3. The van der Waals surface area contributed by atoms with E-state index in [0.717, 1.165) is 24.1 Å². The molecule has 0 spiro atoms. The van der Waals surface area contributed by atoms with Gasteiger partial charge in [-0.15, -0.1) is 11.3 Å². The van der Waals surface area contributed by atoms with Gasteiger partial charge in [0.1, 0.15) is 11.5 Å². The number of amides is 4. The highest BCUT2D eigenvalue weighted by atomic mass is 35.5. The smallest absolute Gasteiger partial charge is 0.338 e. The molecule has 2 fully saturated rings. The van der Waals surface area contributed by atoms with E-state index in [0.29, 0.717) is 41.2 Å². The van der Waals surface area contributed by atoms with Gasteiger partial charge in [0.05, 0.1) is 11.6 Å². The first-order valence-corrected chi connectivity index (χ1v) is 11.3. The molecule has 0 bridgehead atoms. The van der Waals surface area contributed by atoms with Crippen LogP contribution in [0.2, 0.25) is 5.02 Å². The van der Waals surface area contributed by atoms with Crippen LogP contribution in [0, 0.1) is 12.8 Å². The van der Waals surface area contributed by atoms with Crippen LogP contribution in [0.15, 0.2) is 29.6 Å². The summed E-state index contributed by atoms with van der Waals surface area (Å²) in [5, 5.41) is 6.21. The standard InChI is InChI=1S/C21H23ClN4O4S/c1-13-10-15(4-5-17(13)25-7-8-30-12-18(25)27)23-21(29)24-26(11-14-2-3-14)20(28)19-16(22)6-9-31-19/h4-6,9-10,14H,2-3,7-8,11-12H2,1H3,(H2,23,24,29). The van der Waals surface area contributed by atoms with Gasteiger partial charge >= 0.3 is 6.03 Å². The van der Waals surface area contributed by atoms with Crippen LogP contribution in [-0.2, 0) is 9.53 Å². The molecule has 1 saturated carbocycles. The van der Waals surface area contributed by atoms with E-state index in [1.807, 2.05) is 6.92 Å². The Kier molecular flexibility index (Phi) is 6.45. The number of hydrogen-bond donors (Lipinski definition) is 2. The molecule has 0 unspecified atom stereocenters. The van der Waals surface area contributed by atoms with Crippen molar-refractivity contribution in [1.29, 1.82) is 0 Å². The Morgan fingerprint density at radius 1 is 1.32 bits per heavy atom. The number of nitrogens with one attached hydrogen (secondary N) is 2. The number of benzene rings is 1. The zero-order valence-electron chi connectivity index (χ0n) is 17.0. The van der Waals surface area contributed by atoms with Gasteiger partial charge in [-0.25, -0.2) is 15.2 Å². The molecule has 2 aliphatic rings. The van der Waals surface area contributed by atoms with Crippen LogP contribution < -0.4 is 15.6 Å². The predicted octanol–water partition coefficient (Wildman–Crippen LogP) is 3.66. The summed E-state index contributed by atoms with van der Waals surface area (Å²) < 4.78 is 5.18. The quantitative estimate of drug-likeness (QED) is 0.663. The number of halogens is 1.